The van der Waals surface area contributed by atoms with Gasteiger partial charge in [0.25, 0.3) is 5.91 Å². The van der Waals surface area contributed by atoms with Crippen LogP contribution in [0, 0.1) is 11.3 Å². The van der Waals surface area contributed by atoms with E-state index in [2.05, 4.69) is 46.4 Å². The molecule has 6 heteroatoms. The summed E-state index contributed by atoms with van der Waals surface area (Å²) in [6.45, 7) is 2.43. The summed E-state index contributed by atoms with van der Waals surface area (Å²) >= 11 is 3.54. The maximum Gasteiger partial charge on any atom is 0.266 e. The Morgan fingerprint density at radius 3 is 2.50 bits per heavy atom. The minimum absolute atomic E-state index is 0.0262. The smallest absolute Gasteiger partial charge is 0.266 e. The molecule has 0 heterocycles. The minimum Gasteiger partial charge on any atom is -0.493 e. The van der Waals surface area contributed by atoms with Gasteiger partial charge in [-0.2, -0.15) is 5.26 Å². The van der Waals surface area contributed by atoms with E-state index in [9.17, 15) is 10.1 Å². The van der Waals surface area contributed by atoms with Gasteiger partial charge in [-0.1, -0.05) is 77.5 Å². The standard InChI is InChI=1S/C30H25BrN2O3/c1-3-20-11-13-25(14-12-20)33-30(34)24(18-32)15-23-16-28(35-2)29(17-27(23)31)36-19-22-9-6-8-21-7-4-5-10-26(21)22/h4-17H,3,19H2,1-2H3,(H,33,34)/b24-15-. The first-order chi connectivity index (χ1) is 17.5. The first kappa shape index (κ1) is 25.0. The number of benzene rings is 4. The Bertz CT molecular complexity index is 1470. The molecule has 0 unspecified atom stereocenters. The van der Waals surface area contributed by atoms with Crippen LogP contribution in [0.5, 0.6) is 11.5 Å². The Kier molecular flexibility index (Phi) is 8.04. The summed E-state index contributed by atoms with van der Waals surface area (Å²) in [5, 5.41) is 14.7. The molecule has 0 radical (unpaired) electrons. The zero-order valence-electron chi connectivity index (χ0n) is 20.0. The van der Waals surface area contributed by atoms with Gasteiger partial charge in [0.2, 0.25) is 0 Å². The number of aryl methyl sites for hydroxylation is 1. The second kappa shape index (κ2) is 11.6. The van der Waals surface area contributed by atoms with Crippen molar-refractivity contribution < 1.29 is 14.3 Å². The van der Waals surface area contributed by atoms with Crippen molar-refractivity contribution in [3.05, 3.63) is 106 Å². The van der Waals surface area contributed by atoms with E-state index in [1.54, 1.807) is 19.2 Å². The van der Waals surface area contributed by atoms with Gasteiger partial charge in [-0.05, 0) is 64.2 Å². The third kappa shape index (κ3) is 5.76. The van der Waals surface area contributed by atoms with Gasteiger partial charge in [-0.15, -0.1) is 0 Å². The molecule has 0 aliphatic carbocycles. The monoisotopic (exact) mass is 540 g/mol. The molecular weight excluding hydrogens is 516 g/mol. The van der Waals surface area contributed by atoms with E-state index in [1.165, 1.54) is 11.6 Å². The topological polar surface area (TPSA) is 71.4 Å². The molecule has 1 N–H and O–H groups in total. The van der Waals surface area contributed by atoms with Gasteiger partial charge >= 0.3 is 0 Å². The van der Waals surface area contributed by atoms with Crippen molar-refractivity contribution >= 4 is 44.4 Å². The van der Waals surface area contributed by atoms with Crippen LogP contribution in [-0.4, -0.2) is 13.0 Å². The number of methoxy groups -OCH3 is 1. The summed E-state index contributed by atoms with van der Waals surface area (Å²) in [4.78, 5) is 12.7. The van der Waals surface area contributed by atoms with Crippen LogP contribution in [0.3, 0.4) is 0 Å². The summed E-state index contributed by atoms with van der Waals surface area (Å²) in [6.07, 6.45) is 2.44. The predicted molar refractivity (Wildman–Crippen MR) is 147 cm³/mol. The highest BCUT2D eigenvalue weighted by Gasteiger charge is 2.14. The Morgan fingerprint density at radius 2 is 1.78 bits per heavy atom. The molecule has 180 valence electrons. The van der Waals surface area contributed by atoms with E-state index in [1.807, 2.05) is 54.6 Å². The third-order valence-electron chi connectivity index (χ3n) is 5.83. The summed E-state index contributed by atoms with van der Waals surface area (Å²) < 4.78 is 12.3. The van der Waals surface area contributed by atoms with Crippen molar-refractivity contribution in [1.29, 1.82) is 5.26 Å². The maximum absolute atomic E-state index is 12.7. The van der Waals surface area contributed by atoms with E-state index in [0.717, 1.165) is 22.8 Å². The molecule has 0 aliphatic heterocycles. The number of anilines is 1. The number of nitriles is 1. The van der Waals surface area contributed by atoms with E-state index >= 15 is 0 Å². The summed E-state index contributed by atoms with van der Waals surface area (Å²) in [7, 11) is 1.55. The van der Waals surface area contributed by atoms with Crippen molar-refractivity contribution in [2.24, 2.45) is 0 Å². The Hall–Kier alpha value is -4.08. The molecule has 0 bridgehead atoms. The quantitative estimate of drug-likeness (QED) is 0.188. The number of fused-ring (bicyclic) bond motifs is 1. The lowest BCUT2D eigenvalue weighted by atomic mass is 10.1. The molecule has 0 saturated carbocycles. The van der Waals surface area contributed by atoms with Crippen LogP contribution in [0.4, 0.5) is 5.69 Å². The normalized spacial score (nSPS) is 11.1. The zero-order chi connectivity index (χ0) is 25.5. The van der Waals surface area contributed by atoms with E-state index in [-0.39, 0.29) is 5.57 Å². The molecule has 4 rings (SSSR count). The van der Waals surface area contributed by atoms with Crippen LogP contribution in [0.15, 0.2) is 88.9 Å². The lowest BCUT2D eigenvalue weighted by Crippen LogP contribution is -2.13. The van der Waals surface area contributed by atoms with Crippen LogP contribution >= 0.6 is 15.9 Å². The first-order valence-corrected chi connectivity index (χ1v) is 12.3. The lowest BCUT2D eigenvalue weighted by Gasteiger charge is -2.14. The van der Waals surface area contributed by atoms with Crippen molar-refractivity contribution in [1.82, 2.24) is 0 Å². The average molecular weight is 541 g/mol. The minimum atomic E-state index is -0.483. The fraction of sp³-hybridized carbons (Fsp3) is 0.133. The predicted octanol–water partition coefficient (Wildman–Crippen LogP) is 7.30. The van der Waals surface area contributed by atoms with Gasteiger partial charge < -0.3 is 14.8 Å². The Labute approximate surface area is 219 Å². The largest absolute Gasteiger partial charge is 0.493 e. The SMILES string of the molecule is CCc1ccc(NC(=O)/C(C#N)=C\c2cc(OC)c(OCc3cccc4ccccc34)cc2Br)cc1. The third-order valence-corrected chi connectivity index (χ3v) is 6.52. The van der Waals surface area contributed by atoms with Crippen LogP contribution in [0.1, 0.15) is 23.6 Å². The summed E-state index contributed by atoms with van der Waals surface area (Å²) in [5.41, 5.74) is 3.46. The number of nitrogens with one attached hydrogen (secondary N) is 1. The van der Waals surface area contributed by atoms with Crippen molar-refractivity contribution in [2.75, 3.05) is 12.4 Å². The van der Waals surface area contributed by atoms with Crippen LogP contribution in [-0.2, 0) is 17.8 Å². The average Bonchev–Trinajstić information content (AvgIpc) is 2.91. The molecule has 0 spiro atoms. The fourth-order valence-corrected chi connectivity index (χ4v) is 4.27. The zero-order valence-corrected chi connectivity index (χ0v) is 21.6. The number of halogens is 1. The molecule has 1 amide bonds. The second-order valence-electron chi connectivity index (χ2n) is 8.13. The number of hydrogen-bond acceptors (Lipinski definition) is 4. The van der Waals surface area contributed by atoms with Gasteiger partial charge in [-0.25, -0.2) is 0 Å². The van der Waals surface area contributed by atoms with E-state index in [4.69, 9.17) is 9.47 Å². The van der Waals surface area contributed by atoms with E-state index < -0.39 is 5.91 Å². The molecule has 0 saturated heterocycles. The molecule has 0 atom stereocenters. The van der Waals surface area contributed by atoms with Crippen LogP contribution in [0.2, 0.25) is 0 Å². The number of nitrogens with zero attached hydrogens (tertiary/aromatic N) is 1. The summed E-state index contributed by atoms with van der Waals surface area (Å²) in [5.74, 6) is 0.565. The number of amides is 1. The summed E-state index contributed by atoms with van der Waals surface area (Å²) in [6, 6.07) is 27.3. The number of hydrogen-bond donors (Lipinski definition) is 1. The number of carbonyl (C=O) groups is 1. The Morgan fingerprint density at radius 1 is 1.03 bits per heavy atom. The molecule has 0 aliphatic rings. The maximum atomic E-state index is 12.7. The van der Waals surface area contributed by atoms with Crippen molar-refractivity contribution in [2.45, 2.75) is 20.0 Å². The van der Waals surface area contributed by atoms with E-state index in [0.29, 0.717) is 33.8 Å². The van der Waals surface area contributed by atoms with Gasteiger partial charge in [0.15, 0.2) is 11.5 Å². The molecule has 36 heavy (non-hydrogen) atoms. The molecular formula is C30H25BrN2O3. The highest BCUT2D eigenvalue weighted by atomic mass is 79.9. The molecule has 4 aromatic rings. The van der Waals surface area contributed by atoms with Gasteiger partial charge in [-0.3, -0.25) is 4.79 Å². The number of rotatable bonds is 8. The Balaban J connectivity index is 1.55. The molecule has 0 aromatic heterocycles. The lowest BCUT2D eigenvalue weighted by molar-refractivity contribution is -0.112. The van der Waals surface area contributed by atoms with Crippen molar-refractivity contribution in [3.8, 4) is 17.6 Å². The first-order valence-electron chi connectivity index (χ1n) is 11.5. The fourth-order valence-electron chi connectivity index (χ4n) is 3.83. The molecule has 4 aromatic carbocycles. The second-order valence-corrected chi connectivity index (χ2v) is 8.98. The van der Waals surface area contributed by atoms with Crippen LogP contribution in [0.25, 0.3) is 16.8 Å². The van der Waals surface area contributed by atoms with Crippen LogP contribution < -0.4 is 14.8 Å². The highest BCUT2D eigenvalue weighted by molar-refractivity contribution is 9.10. The van der Waals surface area contributed by atoms with Gasteiger partial charge in [0.1, 0.15) is 18.2 Å². The number of ether oxygens (including phenoxy) is 2. The highest BCUT2D eigenvalue weighted by Crippen LogP contribution is 2.35. The van der Waals surface area contributed by atoms with Gasteiger partial charge in [0.05, 0.1) is 7.11 Å². The number of carbonyl (C=O) groups excluding carboxylic acids is 1. The molecule has 5 nitrogen and oxygen atoms in total. The van der Waals surface area contributed by atoms with Gasteiger partial charge in [0, 0.05) is 10.2 Å². The van der Waals surface area contributed by atoms with Crippen molar-refractivity contribution in [3.63, 3.8) is 0 Å². The molecule has 0 fully saturated rings.